The number of nitrogens with zero attached hydrogens (tertiary/aromatic N) is 3. The van der Waals surface area contributed by atoms with Gasteiger partial charge in [-0.05, 0) is 38.4 Å². The van der Waals surface area contributed by atoms with Crippen molar-refractivity contribution in [2.75, 3.05) is 39.1 Å². The van der Waals surface area contributed by atoms with Gasteiger partial charge in [-0.1, -0.05) is 11.6 Å². The molecule has 0 bridgehead atoms. The lowest BCUT2D eigenvalue weighted by atomic mass is 10.1. The summed E-state index contributed by atoms with van der Waals surface area (Å²) in [6, 6.07) is 7.90. The van der Waals surface area contributed by atoms with Crippen molar-refractivity contribution in [3.63, 3.8) is 0 Å². The standard InChI is InChI=1S/C14H18ClN3/c1-17(2)8-9-18(3)14-6-7-16-13-10-11(15)4-5-12(13)14/h4-7,10H,8-9H2,1-3H3. The van der Waals surface area contributed by atoms with E-state index in [4.69, 9.17) is 11.6 Å². The molecule has 0 aliphatic carbocycles. The number of likely N-dealkylation sites (N-methyl/N-ethyl adjacent to an activating group) is 2. The van der Waals surface area contributed by atoms with Crippen molar-refractivity contribution in [3.8, 4) is 0 Å². The smallest absolute Gasteiger partial charge is 0.0737 e. The van der Waals surface area contributed by atoms with Crippen LogP contribution in [0.15, 0.2) is 30.5 Å². The first-order valence-corrected chi connectivity index (χ1v) is 6.36. The number of anilines is 1. The highest BCUT2D eigenvalue weighted by Crippen LogP contribution is 2.26. The molecule has 2 aromatic rings. The van der Waals surface area contributed by atoms with Gasteiger partial charge in [0.05, 0.1) is 5.52 Å². The molecule has 0 aliphatic heterocycles. The number of hydrogen-bond donors (Lipinski definition) is 0. The van der Waals surface area contributed by atoms with Gasteiger partial charge in [0.25, 0.3) is 0 Å². The molecule has 96 valence electrons. The molecule has 0 atom stereocenters. The fraction of sp³-hybridized carbons (Fsp3) is 0.357. The number of pyridine rings is 1. The van der Waals surface area contributed by atoms with Crippen LogP contribution in [0.5, 0.6) is 0 Å². The van der Waals surface area contributed by atoms with Crippen LogP contribution in [-0.4, -0.2) is 44.1 Å². The van der Waals surface area contributed by atoms with Gasteiger partial charge in [0.15, 0.2) is 0 Å². The normalized spacial score (nSPS) is 11.2. The van der Waals surface area contributed by atoms with Crippen molar-refractivity contribution < 1.29 is 0 Å². The van der Waals surface area contributed by atoms with Crippen LogP contribution < -0.4 is 4.90 Å². The maximum absolute atomic E-state index is 5.99. The van der Waals surface area contributed by atoms with Gasteiger partial charge in [-0.25, -0.2) is 0 Å². The van der Waals surface area contributed by atoms with Crippen LogP contribution in [0.3, 0.4) is 0 Å². The second kappa shape index (κ2) is 5.55. The largest absolute Gasteiger partial charge is 0.373 e. The maximum Gasteiger partial charge on any atom is 0.0737 e. The average molecular weight is 264 g/mol. The molecule has 3 nitrogen and oxygen atoms in total. The van der Waals surface area contributed by atoms with Gasteiger partial charge in [-0.2, -0.15) is 0 Å². The topological polar surface area (TPSA) is 19.4 Å². The Morgan fingerprint density at radius 1 is 1.11 bits per heavy atom. The molecule has 0 amide bonds. The Labute approximate surface area is 113 Å². The molecular formula is C14H18ClN3. The van der Waals surface area contributed by atoms with Crippen LogP contribution in [0.2, 0.25) is 5.02 Å². The van der Waals surface area contributed by atoms with E-state index in [1.807, 2.05) is 30.5 Å². The molecular weight excluding hydrogens is 246 g/mol. The first-order valence-electron chi connectivity index (χ1n) is 5.98. The van der Waals surface area contributed by atoms with E-state index >= 15 is 0 Å². The zero-order chi connectivity index (χ0) is 13.1. The van der Waals surface area contributed by atoms with Gasteiger partial charge in [0.1, 0.15) is 0 Å². The molecule has 0 N–H and O–H groups in total. The molecule has 1 heterocycles. The maximum atomic E-state index is 5.99. The summed E-state index contributed by atoms with van der Waals surface area (Å²) in [4.78, 5) is 8.78. The third-order valence-electron chi connectivity index (χ3n) is 2.98. The van der Waals surface area contributed by atoms with Gasteiger partial charge >= 0.3 is 0 Å². The molecule has 0 aliphatic rings. The lowest BCUT2D eigenvalue weighted by Gasteiger charge is -2.22. The van der Waals surface area contributed by atoms with Crippen molar-refractivity contribution in [2.24, 2.45) is 0 Å². The van der Waals surface area contributed by atoms with Gasteiger partial charge in [0.2, 0.25) is 0 Å². The minimum atomic E-state index is 0.725. The third kappa shape index (κ3) is 2.92. The minimum absolute atomic E-state index is 0.725. The Hall–Kier alpha value is -1.32. The lowest BCUT2D eigenvalue weighted by molar-refractivity contribution is 0.416. The van der Waals surface area contributed by atoms with E-state index in [-0.39, 0.29) is 0 Å². The molecule has 0 fully saturated rings. The van der Waals surface area contributed by atoms with Crippen LogP contribution >= 0.6 is 11.6 Å². The number of rotatable bonds is 4. The lowest BCUT2D eigenvalue weighted by Crippen LogP contribution is -2.28. The number of aromatic nitrogens is 1. The highest BCUT2D eigenvalue weighted by molar-refractivity contribution is 6.31. The number of benzene rings is 1. The predicted molar refractivity (Wildman–Crippen MR) is 78.6 cm³/mol. The molecule has 1 aromatic heterocycles. The van der Waals surface area contributed by atoms with E-state index in [0.29, 0.717) is 0 Å². The summed E-state index contributed by atoms with van der Waals surface area (Å²) < 4.78 is 0. The van der Waals surface area contributed by atoms with Crippen LogP contribution in [0.1, 0.15) is 0 Å². The molecule has 0 saturated heterocycles. The van der Waals surface area contributed by atoms with Crippen LogP contribution in [-0.2, 0) is 0 Å². The Bertz CT molecular complexity index is 540. The van der Waals surface area contributed by atoms with E-state index in [1.54, 1.807) is 0 Å². The second-order valence-electron chi connectivity index (χ2n) is 4.72. The average Bonchev–Trinajstić information content (AvgIpc) is 2.34. The summed E-state index contributed by atoms with van der Waals surface area (Å²) in [5.41, 5.74) is 2.13. The number of hydrogen-bond acceptors (Lipinski definition) is 3. The van der Waals surface area contributed by atoms with Gasteiger partial charge in [-0.3, -0.25) is 4.98 Å². The summed E-state index contributed by atoms with van der Waals surface area (Å²) in [5, 5.41) is 1.87. The van der Waals surface area contributed by atoms with Gasteiger partial charge < -0.3 is 9.80 Å². The monoisotopic (exact) mass is 263 g/mol. The third-order valence-corrected chi connectivity index (χ3v) is 3.21. The molecule has 0 radical (unpaired) electrons. The van der Waals surface area contributed by atoms with Gasteiger partial charge in [0, 0.05) is 42.4 Å². The quantitative estimate of drug-likeness (QED) is 0.846. The molecule has 18 heavy (non-hydrogen) atoms. The fourth-order valence-corrected chi connectivity index (χ4v) is 2.08. The first-order chi connectivity index (χ1) is 8.58. The Kier molecular flexibility index (Phi) is 4.04. The Morgan fingerprint density at radius 3 is 2.61 bits per heavy atom. The van der Waals surface area contributed by atoms with E-state index in [1.165, 1.54) is 5.69 Å². The van der Waals surface area contributed by atoms with Crippen LogP contribution in [0.25, 0.3) is 10.9 Å². The van der Waals surface area contributed by atoms with Crippen molar-refractivity contribution in [1.29, 1.82) is 0 Å². The van der Waals surface area contributed by atoms with Crippen molar-refractivity contribution in [2.45, 2.75) is 0 Å². The molecule has 4 heteroatoms. The summed E-state index contributed by atoms with van der Waals surface area (Å²) in [5.74, 6) is 0. The molecule has 1 aromatic carbocycles. The zero-order valence-electron chi connectivity index (χ0n) is 11.0. The zero-order valence-corrected chi connectivity index (χ0v) is 11.8. The van der Waals surface area contributed by atoms with Crippen molar-refractivity contribution in [3.05, 3.63) is 35.5 Å². The molecule has 0 spiro atoms. The molecule has 0 saturated carbocycles. The van der Waals surface area contributed by atoms with Crippen LogP contribution in [0.4, 0.5) is 5.69 Å². The van der Waals surface area contributed by atoms with E-state index in [0.717, 1.165) is 29.0 Å². The minimum Gasteiger partial charge on any atom is -0.373 e. The predicted octanol–water partition coefficient (Wildman–Crippen LogP) is 2.89. The van der Waals surface area contributed by atoms with E-state index in [2.05, 4.69) is 35.9 Å². The van der Waals surface area contributed by atoms with Gasteiger partial charge in [-0.15, -0.1) is 0 Å². The van der Waals surface area contributed by atoms with Crippen LogP contribution in [0, 0.1) is 0 Å². The van der Waals surface area contributed by atoms with E-state index < -0.39 is 0 Å². The Balaban J connectivity index is 2.32. The first kappa shape index (κ1) is 13.1. The molecule has 2 rings (SSSR count). The second-order valence-corrected chi connectivity index (χ2v) is 5.15. The number of fused-ring (bicyclic) bond motifs is 1. The molecule has 0 unspecified atom stereocenters. The summed E-state index contributed by atoms with van der Waals surface area (Å²) in [6.45, 7) is 2.00. The highest BCUT2D eigenvalue weighted by atomic mass is 35.5. The van der Waals surface area contributed by atoms with E-state index in [9.17, 15) is 0 Å². The van der Waals surface area contributed by atoms with Crippen molar-refractivity contribution in [1.82, 2.24) is 9.88 Å². The summed E-state index contributed by atoms with van der Waals surface area (Å²) in [6.07, 6.45) is 1.83. The van der Waals surface area contributed by atoms with Crippen molar-refractivity contribution >= 4 is 28.2 Å². The highest BCUT2D eigenvalue weighted by Gasteiger charge is 2.07. The number of halogens is 1. The Morgan fingerprint density at radius 2 is 1.89 bits per heavy atom. The fourth-order valence-electron chi connectivity index (χ4n) is 1.91. The summed E-state index contributed by atoms with van der Waals surface area (Å²) >= 11 is 5.99. The SMILES string of the molecule is CN(C)CCN(C)c1ccnc2cc(Cl)ccc12. The summed E-state index contributed by atoms with van der Waals surface area (Å²) in [7, 11) is 6.27.